The van der Waals surface area contributed by atoms with Crippen LogP contribution in [0, 0.1) is 11.3 Å². The molecule has 84 valence electrons. The molecule has 1 fully saturated rings. The number of hydrogen-bond donors (Lipinski definition) is 1. The maximum atomic E-state index is 6.40. The summed E-state index contributed by atoms with van der Waals surface area (Å²) in [4.78, 5) is 1.36. The van der Waals surface area contributed by atoms with Gasteiger partial charge in [0.25, 0.3) is 0 Å². The topological polar surface area (TPSA) is 26.0 Å². The molecule has 1 heterocycles. The average Bonchev–Trinajstić information content (AvgIpc) is 2.69. The van der Waals surface area contributed by atoms with Gasteiger partial charge in [-0.25, -0.2) is 0 Å². The van der Waals surface area contributed by atoms with E-state index >= 15 is 0 Å². The molecule has 1 aliphatic rings. The standard InChI is InChI=1S/C13H21NS/c1-13(2)8-4-3-6-10(13)12(14)11-7-5-9-15-11/h5,7,9-10,12H,3-4,6,8,14H2,1-2H3. The molecular formula is C13H21NS. The molecule has 1 aliphatic carbocycles. The van der Waals surface area contributed by atoms with E-state index in [1.165, 1.54) is 30.6 Å². The number of hydrogen-bond acceptors (Lipinski definition) is 2. The van der Waals surface area contributed by atoms with Crippen molar-refractivity contribution in [1.82, 2.24) is 0 Å². The third-order valence-electron chi connectivity index (χ3n) is 3.90. The zero-order chi connectivity index (χ0) is 10.9. The maximum Gasteiger partial charge on any atom is 0.0423 e. The Hall–Kier alpha value is -0.340. The minimum atomic E-state index is 0.250. The van der Waals surface area contributed by atoms with Gasteiger partial charge in [-0.1, -0.05) is 32.8 Å². The summed E-state index contributed by atoms with van der Waals surface area (Å²) >= 11 is 1.80. The SMILES string of the molecule is CC1(C)CCCCC1C(N)c1cccs1. The van der Waals surface area contributed by atoms with E-state index in [1.54, 1.807) is 11.3 Å². The Morgan fingerprint density at radius 1 is 1.47 bits per heavy atom. The quantitative estimate of drug-likeness (QED) is 0.806. The third kappa shape index (κ3) is 2.26. The Labute approximate surface area is 96.7 Å². The van der Waals surface area contributed by atoms with Crippen molar-refractivity contribution < 1.29 is 0 Å². The van der Waals surface area contributed by atoms with Gasteiger partial charge in [-0.2, -0.15) is 0 Å². The zero-order valence-corrected chi connectivity index (χ0v) is 10.5. The summed E-state index contributed by atoms with van der Waals surface area (Å²) < 4.78 is 0. The van der Waals surface area contributed by atoms with E-state index < -0.39 is 0 Å². The molecular weight excluding hydrogens is 202 g/mol. The summed E-state index contributed by atoms with van der Waals surface area (Å²) in [6, 6.07) is 4.54. The Kier molecular flexibility index (Phi) is 3.17. The molecule has 0 radical (unpaired) electrons. The smallest absolute Gasteiger partial charge is 0.0423 e. The molecule has 0 bridgehead atoms. The van der Waals surface area contributed by atoms with Gasteiger partial charge in [0.1, 0.15) is 0 Å². The van der Waals surface area contributed by atoms with Crippen molar-refractivity contribution in [3.63, 3.8) is 0 Å². The van der Waals surface area contributed by atoms with Crippen LogP contribution in [0.25, 0.3) is 0 Å². The van der Waals surface area contributed by atoms with E-state index in [0.29, 0.717) is 11.3 Å². The summed E-state index contributed by atoms with van der Waals surface area (Å²) in [5, 5.41) is 2.13. The fourth-order valence-electron chi connectivity index (χ4n) is 2.87. The van der Waals surface area contributed by atoms with E-state index in [4.69, 9.17) is 5.73 Å². The Bertz CT molecular complexity index is 302. The molecule has 0 aliphatic heterocycles. The minimum Gasteiger partial charge on any atom is -0.323 e. The van der Waals surface area contributed by atoms with Gasteiger partial charge in [0, 0.05) is 10.9 Å². The highest BCUT2D eigenvalue weighted by atomic mass is 32.1. The Morgan fingerprint density at radius 3 is 2.87 bits per heavy atom. The van der Waals surface area contributed by atoms with Crippen LogP contribution in [0.5, 0.6) is 0 Å². The zero-order valence-electron chi connectivity index (χ0n) is 9.70. The summed E-state index contributed by atoms with van der Waals surface area (Å²) in [5.74, 6) is 0.657. The van der Waals surface area contributed by atoms with Gasteiger partial charge in [-0.05, 0) is 35.6 Å². The van der Waals surface area contributed by atoms with Crippen LogP contribution in [-0.4, -0.2) is 0 Å². The van der Waals surface area contributed by atoms with Crippen molar-refractivity contribution in [2.75, 3.05) is 0 Å². The summed E-state index contributed by atoms with van der Waals surface area (Å²) in [7, 11) is 0. The molecule has 2 N–H and O–H groups in total. The number of rotatable bonds is 2. The fraction of sp³-hybridized carbons (Fsp3) is 0.692. The largest absolute Gasteiger partial charge is 0.323 e. The summed E-state index contributed by atoms with van der Waals surface area (Å²) in [6.07, 6.45) is 5.36. The molecule has 1 aromatic heterocycles. The predicted molar refractivity (Wildman–Crippen MR) is 67.0 cm³/mol. The van der Waals surface area contributed by atoms with Crippen molar-refractivity contribution in [3.05, 3.63) is 22.4 Å². The monoisotopic (exact) mass is 223 g/mol. The molecule has 2 rings (SSSR count). The normalized spacial score (nSPS) is 27.5. The first-order chi connectivity index (χ1) is 7.11. The van der Waals surface area contributed by atoms with Crippen LogP contribution in [0.3, 0.4) is 0 Å². The van der Waals surface area contributed by atoms with Crippen molar-refractivity contribution in [3.8, 4) is 0 Å². The van der Waals surface area contributed by atoms with Gasteiger partial charge >= 0.3 is 0 Å². The molecule has 1 nitrogen and oxygen atoms in total. The highest BCUT2D eigenvalue weighted by Gasteiger charge is 2.36. The van der Waals surface area contributed by atoms with Gasteiger partial charge < -0.3 is 5.73 Å². The maximum absolute atomic E-state index is 6.40. The molecule has 1 aromatic rings. The van der Waals surface area contributed by atoms with Gasteiger partial charge in [0.15, 0.2) is 0 Å². The third-order valence-corrected chi connectivity index (χ3v) is 4.87. The first-order valence-corrected chi connectivity index (χ1v) is 6.78. The lowest BCUT2D eigenvalue weighted by atomic mass is 9.66. The van der Waals surface area contributed by atoms with Gasteiger partial charge in [-0.15, -0.1) is 11.3 Å². The minimum absolute atomic E-state index is 0.250. The van der Waals surface area contributed by atoms with E-state index in [9.17, 15) is 0 Å². The number of thiophene rings is 1. The van der Waals surface area contributed by atoms with Crippen LogP contribution in [0.4, 0.5) is 0 Å². The highest BCUT2D eigenvalue weighted by Crippen LogP contribution is 2.46. The Balaban J connectivity index is 2.15. The van der Waals surface area contributed by atoms with Crippen LogP contribution in [0.1, 0.15) is 50.4 Å². The van der Waals surface area contributed by atoms with E-state index in [0.717, 1.165) is 0 Å². The lowest BCUT2D eigenvalue weighted by molar-refractivity contribution is 0.114. The summed E-state index contributed by atoms with van der Waals surface area (Å²) in [6.45, 7) is 4.76. The molecule has 0 spiro atoms. The highest BCUT2D eigenvalue weighted by molar-refractivity contribution is 7.10. The molecule has 1 saturated carbocycles. The molecule has 2 heteroatoms. The first kappa shape index (κ1) is 11.2. The van der Waals surface area contributed by atoms with Gasteiger partial charge in [-0.3, -0.25) is 0 Å². The van der Waals surface area contributed by atoms with Crippen LogP contribution >= 0.6 is 11.3 Å². The van der Waals surface area contributed by atoms with Crippen LogP contribution in [0.15, 0.2) is 17.5 Å². The Morgan fingerprint density at radius 2 is 2.27 bits per heavy atom. The van der Waals surface area contributed by atoms with Crippen molar-refractivity contribution in [2.24, 2.45) is 17.1 Å². The van der Waals surface area contributed by atoms with Crippen molar-refractivity contribution in [1.29, 1.82) is 0 Å². The average molecular weight is 223 g/mol. The van der Waals surface area contributed by atoms with Gasteiger partial charge in [0.2, 0.25) is 0 Å². The van der Waals surface area contributed by atoms with Crippen LogP contribution in [0.2, 0.25) is 0 Å². The van der Waals surface area contributed by atoms with E-state index in [2.05, 4.69) is 31.4 Å². The summed E-state index contributed by atoms with van der Waals surface area (Å²) in [5.41, 5.74) is 6.82. The molecule has 2 atom stereocenters. The van der Waals surface area contributed by atoms with E-state index in [1.807, 2.05) is 0 Å². The van der Waals surface area contributed by atoms with Crippen molar-refractivity contribution in [2.45, 2.75) is 45.6 Å². The van der Waals surface area contributed by atoms with Crippen LogP contribution in [-0.2, 0) is 0 Å². The molecule has 0 aromatic carbocycles. The lowest BCUT2D eigenvalue weighted by Gasteiger charge is -2.41. The second kappa shape index (κ2) is 4.26. The van der Waals surface area contributed by atoms with Crippen molar-refractivity contribution >= 4 is 11.3 Å². The predicted octanol–water partition coefficient (Wildman–Crippen LogP) is 3.96. The molecule has 0 amide bonds. The first-order valence-electron chi connectivity index (χ1n) is 5.90. The van der Waals surface area contributed by atoms with Crippen LogP contribution < -0.4 is 5.73 Å². The number of nitrogens with two attached hydrogens (primary N) is 1. The second-order valence-electron chi connectivity index (χ2n) is 5.38. The van der Waals surface area contributed by atoms with Gasteiger partial charge in [0.05, 0.1) is 0 Å². The lowest BCUT2D eigenvalue weighted by Crippen LogP contribution is -2.35. The molecule has 2 unspecified atom stereocenters. The molecule has 0 saturated heterocycles. The van der Waals surface area contributed by atoms with E-state index in [-0.39, 0.29) is 6.04 Å². The second-order valence-corrected chi connectivity index (χ2v) is 6.36. The molecule has 15 heavy (non-hydrogen) atoms. The fourth-order valence-corrected chi connectivity index (χ4v) is 3.66.